The molecule has 1 N–H and O–H groups in total. The molecule has 7 nitrogen and oxygen atoms in total. The number of benzene rings is 3. The fourth-order valence-electron chi connectivity index (χ4n) is 4.12. The molecule has 0 aromatic heterocycles. The van der Waals surface area contributed by atoms with Crippen LogP contribution in [0, 0.1) is 21.8 Å². The molecule has 1 aliphatic rings. The molecule has 0 radical (unpaired) electrons. The largest absolute Gasteiger partial charge is 0.481 e. The van der Waals surface area contributed by atoms with Crippen LogP contribution < -0.4 is 4.74 Å². The van der Waals surface area contributed by atoms with Crippen molar-refractivity contribution >= 4 is 11.7 Å². The number of carboxylic acids is 1. The van der Waals surface area contributed by atoms with Crippen molar-refractivity contribution in [1.82, 2.24) is 4.90 Å². The molecule has 34 heavy (non-hydrogen) atoms. The summed E-state index contributed by atoms with van der Waals surface area (Å²) < 4.78 is 19.7. The number of halogens is 1. The highest BCUT2D eigenvalue weighted by Gasteiger charge is 2.45. The van der Waals surface area contributed by atoms with Gasteiger partial charge in [-0.15, -0.1) is 0 Å². The Morgan fingerprint density at radius 1 is 1.03 bits per heavy atom. The van der Waals surface area contributed by atoms with Gasteiger partial charge in [0.2, 0.25) is 0 Å². The first kappa shape index (κ1) is 23.4. The molecule has 176 valence electrons. The first-order valence-corrected chi connectivity index (χ1v) is 11.1. The molecule has 0 saturated heterocycles. The number of ether oxygens (including phenoxy) is 1. The fraction of sp³-hybridized carbons (Fsp3) is 0.269. The van der Waals surface area contributed by atoms with Crippen molar-refractivity contribution in [3.8, 4) is 5.75 Å². The van der Waals surface area contributed by atoms with Crippen molar-refractivity contribution in [2.45, 2.75) is 38.1 Å². The normalized spacial score (nSPS) is 15.0. The predicted molar refractivity (Wildman–Crippen MR) is 124 cm³/mol. The van der Waals surface area contributed by atoms with Crippen LogP contribution in [0.3, 0.4) is 0 Å². The quantitative estimate of drug-likeness (QED) is 0.315. The van der Waals surface area contributed by atoms with Crippen molar-refractivity contribution in [2.75, 3.05) is 0 Å². The van der Waals surface area contributed by atoms with Crippen molar-refractivity contribution in [3.63, 3.8) is 0 Å². The van der Waals surface area contributed by atoms with Gasteiger partial charge in [0.05, 0.1) is 11.0 Å². The lowest BCUT2D eigenvalue weighted by atomic mass is 10.0. The van der Waals surface area contributed by atoms with E-state index in [4.69, 9.17) is 4.74 Å². The Labute approximate surface area is 196 Å². The highest BCUT2D eigenvalue weighted by atomic mass is 19.1. The molecule has 4 rings (SSSR count). The lowest BCUT2D eigenvalue weighted by molar-refractivity contribution is -0.386. The first-order chi connectivity index (χ1) is 16.4. The number of nitrogens with zero attached hydrogens (tertiary/aromatic N) is 2. The number of aliphatic carboxylic acids is 1. The Hall–Kier alpha value is -3.78. The summed E-state index contributed by atoms with van der Waals surface area (Å²) in [6, 6.07) is 21.0. The second kappa shape index (κ2) is 10.4. The smallest absolute Gasteiger partial charge is 0.324 e. The molecular weight excluding hydrogens is 439 g/mol. The summed E-state index contributed by atoms with van der Waals surface area (Å²) in [7, 11) is 0. The zero-order valence-electron chi connectivity index (χ0n) is 18.4. The van der Waals surface area contributed by atoms with E-state index in [0.29, 0.717) is 13.1 Å². The summed E-state index contributed by atoms with van der Waals surface area (Å²) in [6.07, 6.45) is 0.677. The van der Waals surface area contributed by atoms with E-state index in [1.165, 1.54) is 6.07 Å². The van der Waals surface area contributed by atoms with Crippen LogP contribution in [0.25, 0.3) is 0 Å². The van der Waals surface area contributed by atoms with Crippen LogP contribution in [-0.2, 0) is 17.9 Å². The number of nitro groups is 1. The Bertz CT molecular complexity index is 1100. The Balaban J connectivity index is 1.70. The van der Waals surface area contributed by atoms with Gasteiger partial charge in [-0.3, -0.25) is 19.8 Å². The van der Waals surface area contributed by atoms with E-state index in [1.807, 2.05) is 65.6 Å². The molecule has 0 spiro atoms. The molecule has 8 heteroatoms. The second-order valence-electron chi connectivity index (χ2n) is 8.45. The topological polar surface area (TPSA) is 92.9 Å². The third-order valence-electron chi connectivity index (χ3n) is 5.88. The van der Waals surface area contributed by atoms with E-state index in [-0.39, 0.29) is 11.7 Å². The SMILES string of the molecule is O=C(O)[C@H]([C@H](Oc1ccc(F)cc1[N+](=O)[O-])C1CC1)N(Cc1ccccc1)Cc1ccccc1. The molecule has 1 fully saturated rings. The van der Waals surface area contributed by atoms with Crippen molar-refractivity contribution in [3.05, 3.63) is 106 Å². The summed E-state index contributed by atoms with van der Waals surface area (Å²) >= 11 is 0. The number of nitro benzene ring substituents is 1. The van der Waals surface area contributed by atoms with Crippen molar-refractivity contribution in [2.24, 2.45) is 5.92 Å². The zero-order valence-corrected chi connectivity index (χ0v) is 18.4. The van der Waals surface area contributed by atoms with E-state index < -0.39 is 34.5 Å². The Morgan fingerprint density at radius 2 is 1.59 bits per heavy atom. The molecule has 0 aliphatic heterocycles. The Morgan fingerprint density at radius 3 is 2.06 bits per heavy atom. The molecule has 1 saturated carbocycles. The van der Waals surface area contributed by atoms with E-state index in [0.717, 1.165) is 36.1 Å². The van der Waals surface area contributed by atoms with Gasteiger partial charge in [-0.1, -0.05) is 60.7 Å². The lowest BCUT2D eigenvalue weighted by Gasteiger charge is -2.34. The molecule has 3 aromatic carbocycles. The standard InChI is InChI=1S/C26H25FN2O5/c27-21-13-14-23(22(15-21)29(32)33)34-25(20-11-12-20)24(26(30)31)28(16-18-7-3-1-4-8-18)17-19-9-5-2-6-10-19/h1-10,13-15,20,24-25H,11-12,16-17H2,(H,30,31)/t24-,25+/m0/s1. The number of carboxylic acid groups (broad SMARTS) is 1. The molecule has 1 aliphatic carbocycles. The maximum Gasteiger partial charge on any atom is 0.324 e. The van der Waals surface area contributed by atoms with E-state index >= 15 is 0 Å². The highest BCUT2D eigenvalue weighted by Crippen LogP contribution is 2.40. The summed E-state index contributed by atoms with van der Waals surface area (Å²) in [4.78, 5) is 25.2. The average molecular weight is 464 g/mol. The monoisotopic (exact) mass is 464 g/mol. The summed E-state index contributed by atoms with van der Waals surface area (Å²) in [5.74, 6) is -2.03. The average Bonchev–Trinajstić information content (AvgIpc) is 3.66. The van der Waals surface area contributed by atoms with E-state index in [1.54, 1.807) is 0 Å². The minimum Gasteiger partial charge on any atom is -0.481 e. The number of carbonyl (C=O) groups is 1. The van der Waals surface area contributed by atoms with Gasteiger partial charge in [0.1, 0.15) is 18.0 Å². The molecule has 0 unspecified atom stereocenters. The van der Waals surface area contributed by atoms with Crippen LogP contribution in [0.5, 0.6) is 5.75 Å². The summed E-state index contributed by atoms with van der Waals surface area (Å²) in [5.41, 5.74) is 1.35. The zero-order chi connectivity index (χ0) is 24.1. The molecule has 3 aromatic rings. The van der Waals surface area contributed by atoms with Crippen LogP contribution in [0.2, 0.25) is 0 Å². The molecule has 0 bridgehead atoms. The highest BCUT2D eigenvalue weighted by molar-refractivity contribution is 5.74. The molecule has 0 amide bonds. The second-order valence-corrected chi connectivity index (χ2v) is 8.45. The third kappa shape index (κ3) is 5.77. The van der Waals surface area contributed by atoms with Gasteiger partial charge in [-0.05, 0) is 42.0 Å². The van der Waals surface area contributed by atoms with E-state index in [2.05, 4.69) is 0 Å². The fourth-order valence-corrected chi connectivity index (χ4v) is 4.12. The molecule has 2 atom stereocenters. The molecule has 0 heterocycles. The van der Waals surface area contributed by atoms with Crippen LogP contribution >= 0.6 is 0 Å². The number of hydrogen-bond donors (Lipinski definition) is 1. The van der Waals surface area contributed by atoms with Crippen molar-refractivity contribution in [1.29, 1.82) is 0 Å². The van der Waals surface area contributed by atoms with Gasteiger partial charge >= 0.3 is 11.7 Å². The van der Waals surface area contributed by atoms with Crippen LogP contribution in [0.4, 0.5) is 10.1 Å². The van der Waals surface area contributed by atoms with Gasteiger partial charge in [0.25, 0.3) is 0 Å². The van der Waals surface area contributed by atoms with Gasteiger partial charge in [0, 0.05) is 13.1 Å². The number of rotatable bonds is 11. The minimum atomic E-state index is -1.08. The maximum absolute atomic E-state index is 13.7. The lowest BCUT2D eigenvalue weighted by Crippen LogP contribution is -2.51. The maximum atomic E-state index is 13.7. The third-order valence-corrected chi connectivity index (χ3v) is 5.88. The van der Waals surface area contributed by atoms with Gasteiger partial charge in [-0.25, -0.2) is 4.39 Å². The first-order valence-electron chi connectivity index (χ1n) is 11.1. The van der Waals surface area contributed by atoms with Crippen LogP contribution in [0.1, 0.15) is 24.0 Å². The predicted octanol–water partition coefficient (Wildman–Crippen LogP) is 5.05. The Kier molecular flexibility index (Phi) is 7.18. The minimum absolute atomic E-state index is 0.0696. The van der Waals surface area contributed by atoms with Gasteiger partial charge in [-0.2, -0.15) is 0 Å². The van der Waals surface area contributed by atoms with Crippen LogP contribution in [0.15, 0.2) is 78.9 Å². The summed E-state index contributed by atoms with van der Waals surface area (Å²) in [6.45, 7) is 0.704. The van der Waals surface area contributed by atoms with E-state index in [9.17, 15) is 24.4 Å². The van der Waals surface area contributed by atoms with Gasteiger partial charge in [0.15, 0.2) is 5.75 Å². The molecular formula is C26H25FN2O5. The van der Waals surface area contributed by atoms with Gasteiger partial charge < -0.3 is 9.84 Å². The van der Waals surface area contributed by atoms with Crippen molar-refractivity contribution < 1.29 is 24.0 Å². The van der Waals surface area contributed by atoms with Crippen LogP contribution in [-0.4, -0.2) is 33.0 Å². The summed E-state index contributed by atoms with van der Waals surface area (Å²) in [5, 5.41) is 21.8. The number of hydrogen-bond acceptors (Lipinski definition) is 5.